The zero-order valence-corrected chi connectivity index (χ0v) is 22.9. The molecular weight excluding hydrogens is 482 g/mol. The van der Waals surface area contributed by atoms with Crippen molar-refractivity contribution in [3.05, 3.63) is 71.3 Å². The molecule has 0 radical (unpaired) electrons. The Hall–Kier alpha value is -2.84. The molecule has 2 aromatic carbocycles. The van der Waals surface area contributed by atoms with Gasteiger partial charge in [0, 0.05) is 36.6 Å². The molecule has 0 spiro atoms. The largest absolute Gasteiger partial charge is 0.352 e. The van der Waals surface area contributed by atoms with Crippen molar-refractivity contribution in [2.45, 2.75) is 64.3 Å². The molecule has 3 rings (SSSR count). The van der Waals surface area contributed by atoms with E-state index < -0.39 is 0 Å². The van der Waals surface area contributed by atoms with Gasteiger partial charge < -0.3 is 16.4 Å². The van der Waals surface area contributed by atoms with Crippen LogP contribution >= 0.6 is 11.8 Å². The number of hydrogen-bond acceptors (Lipinski definition) is 5. The van der Waals surface area contributed by atoms with Gasteiger partial charge in [-0.2, -0.15) is 16.9 Å². The van der Waals surface area contributed by atoms with Crippen LogP contribution in [-0.2, 0) is 17.1 Å². The van der Waals surface area contributed by atoms with E-state index in [2.05, 4.69) is 64.5 Å². The average Bonchev–Trinajstić information content (AvgIpc) is 2.93. The fourth-order valence-corrected chi connectivity index (χ4v) is 5.39. The second-order valence-electron chi connectivity index (χ2n) is 9.84. The predicted octanol–water partition coefficient (Wildman–Crippen LogP) is 4.74. The molecule has 1 aliphatic rings. The lowest BCUT2D eigenvalue weighted by molar-refractivity contribution is -0.126. The summed E-state index contributed by atoms with van der Waals surface area (Å²) in [5.41, 5.74) is 13.2. The fraction of sp³-hybridized carbons (Fsp3) is 0.483. The highest BCUT2D eigenvalue weighted by Crippen LogP contribution is 2.28. The van der Waals surface area contributed by atoms with Crippen molar-refractivity contribution in [3.63, 3.8) is 0 Å². The summed E-state index contributed by atoms with van der Waals surface area (Å²) < 4.78 is 0. The highest BCUT2D eigenvalue weighted by molar-refractivity contribution is 7.99. The van der Waals surface area contributed by atoms with Gasteiger partial charge in [-0.05, 0) is 56.1 Å². The molecule has 2 aromatic rings. The number of urea groups is 1. The molecule has 3 amide bonds. The third-order valence-corrected chi connectivity index (χ3v) is 7.92. The van der Waals surface area contributed by atoms with Crippen molar-refractivity contribution in [1.29, 1.82) is 0 Å². The van der Waals surface area contributed by atoms with E-state index in [9.17, 15) is 9.59 Å². The number of hydrogen-bond donors (Lipinski definition) is 4. The molecule has 1 atom stereocenters. The van der Waals surface area contributed by atoms with E-state index in [4.69, 9.17) is 5.73 Å². The van der Waals surface area contributed by atoms with Crippen LogP contribution < -0.4 is 21.8 Å². The van der Waals surface area contributed by atoms with Crippen LogP contribution in [0.4, 0.5) is 4.79 Å². The van der Waals surface area contributed by atoms with Gasteiger partial charge in [-0.1, -0.05) is 67.1 Å². The summed E-state index contributed by atoms with van der Waals surface area (Å²) in [5.74, 6) is 2.08. The van der Waals surface area contributed by atoms with Crippen molar-refractivity contribution in [2.75, 3.05) is 12.3 Å². The van der Waals surface area contributed by atoms with E-state index in [1.54, 1.807) is 11.8 Å². The second kappa shape index (κ2) is 15.4. The Morgan fingerprint density at radius 2 is 1.70 bits per heavy atom. The first-order valence-corrected chi connectivity index (χ1v) is 14.4. The highest BCUT2D eigenvalue weighted by atomic mass is 32.2. The molecule has 200 valence electrons. The lowest BCUT2D eigenvalue weighted by Crippen LogP contribution is -2.40. The van der Waals surface area contributed by atoms with Gasteiger partial charge in [-0.15, -0.1) is 0 Å². The number of aryl methyl sites for hydroxylation is 1. The quantitative estimate of drug-likeness (QED) is 0.238. The highest BCUT2D eigenvalue weighted by Gasteiger charge is 2.26. The molecule has 0 saturated heterocycles. The number of hydrazone groups is 1. The third kappa shape index (κ3) is 10.2. The topological polar surface area (TPSA) is 109 Å². The molecule has 0 heterocycles. The number of benzene rings is 2. The molecule has 5 N–H and O–H groups in total. The lowest BCUT2D eigenvalue weighted by atomic mass is 9.81. The normalized spacial score (nSPS) is 18.6. The predicted molar refractivity (Wildman–Crippen MR) is 153 cm³/mol. The zero-order valence-electron chi connectivity index (χ0n) is 22.0. The van der Waals surface area contributed by atoms with Crippen LogP contribution in [-0.4, -0.2) is 36.0 Å². The van der Waals surface area contributed by atoms with Gasteiger partial charge in [-0.25, -0.2) is 10.2 Å². The molecule has 0 aromatic heterocycles. The summed E-state index contributed by atoms with van der Waals surface area (Å²) in [5, 5.41) is 10.3. The molecular formula is C29H41N5O2S. The van der Waals surface area contributed by atoms with E-state index in [0.717, 1.165) is 49.1 Å². The van der Waals surface area contributed by atoms with Crippen molar-refractivity contribution in [2.24, 2.45) is 22.7 Å². The van der Waals surface area contributed by atoms with Crippen LogP contribution in [0.1, 0.15) is 55.7 Å². The van der Waals surface area contributed by atoms with Crippen molar-refractivity contribution in [1.82, 2.24) is 16.1 Å². The van der Waals surface area contributed by atoms with Crippen LogP contribution in [0.15, 0.2) is 59.7 Å². The minimum Gasteiger partial charge on any atom is -0.352 e. The van der Waals surface area contributed by atoms with Gasteiger partial charge in [-0.3, -0.25) is 4.79 Å². The number of nitrogens with one attached hydrogen (secondary N) is 3. The maximum absolute atomic E-state index is 12.6. The van der Waals surface area contributed by atoms with Gasteiger partial charge in [0.25, 0.3) is 0 Å². The molecule has 37 heavy (non-hydrogen) atoms. The fourth-order valence-electron chi connectivity index (χ4n) is 4.37. The summed E-state index contributed by atoms with van der Waals surface area (Å²) in [6, 6.07) is 18.0. The van der Waals surface area contributed by atoms with E-state index in [-0.39, 0.29) is 23.9 Å². The molecule has 7 nitrogen and oxygen atoms in total. The molecule has 1 aliphatic carbocycles. The van der Waals surface area contributed by atoms with E-state index in [1.165, 1.54) is 11.1 Å². The van der Waals surface area contributed by atoms with E-state index in [0.29, 0.717) is 24.8 Å². The molecule has 0 aliphatic heterocycles. The zero-order chi connectivity index (χ0) is 26.5. The molecule has 8 heteroatoms. The summed E-state index contributed by atoms with van der Waals surface area (Å²) in [7, 11) is 0. The number of nitrogens with two attached hydrogens (primary N) is 1. The van der Waals surface area contributed by atoms with Crippen LogP contribution in [0.25, 0.3) is 0 Å². The Labute approximate surface area is 225 Å². The Morgan fingerprint density at radius 3 is 2.38 bits per heavy atom. The summed E-state index contributed by atoms with van der Waals surface area (Å²) >= 11 is 1.74. The second-order valence-corrected chi connectivity index (χ2v) is 10.8. The maximum atomic E-state index is 12.6. The minimum absolute atomic E-state index is 0.0478. The van der Waals surface area contributed by atoms with Gasteiger partial charge in [0.05, 0.1) is 5.71 Å². The van der Waals surface area contributed by atoms with Gasteiger partial charge in [0.15, 0.2) is 0 Å². The Kier molecular flexibility index (Phi) is 12.0. The SMILES string of the molecule is CC[C@H](N)/C(CSCc1ccccc1)=N\NC(=O)NCC1CCC(C(=O)NCc2ccc(C)cc2)CC1. The molecule has 0 unspecified atom stereocenters. The first-order chi connectivity index (χ1) is 17.9. The van der Waals surface area contributed by atoms with Crippen LogP contribution in [0.5, 0.6) is 0 Å². The third-order valence-electron chi connectivity index (χ3n) is 6.89. The molecule has 1 saturated carbocycles. The van der Waals surface area contributed by atoms with Crippen LogP contribution in [0.2, 0.25) is 0 Å². The number of rotatable bonds is 12. The number of carbonyl (C=O) groups is 2. The number of nitrogens with zero attached hydrogens (tertiary/aromatic N) is 1. The van der Waals surface area contributed by atoms with Gasteiger partial charge in [0.2, 0.25) is 5.91 Å². The monoisotopic (exact) mass is 523 g/mol. The molecule has 0 bridgehead atoms. The number of amides is 3. The Bertz CT molecular complexity index is 1000. The summed E-state index contributed by atoms with van der Waals surface area (Å²) in [6.45, 7) is 5.22. The molecule has 1 fully saturated rings. The van der Waals surface area contributed by atoms with Crippen molar-refractivity contribution >= 4 is 29.4 Å². The van der Waals surface area contributed by atoms with Gasteiger partial charge >= 0.3 is 6.03 Å². The minimum atomic E-state index is -0.313. The van der Waals surface area contributed by atoms with Crippen molar-refractivity contribution in [3.8, 4) is 0 Å². The smallest absolute Gasteiger partial charge is 0.335 e. The average molecular weight is 524 g/mol. The Balaban J connectivity index is 1.34. The Morgan fingerprint density at radius 1 is 1.00 bits per heavy atom. The lowest BCUT2D eigenvalue weighted by Gasteiger charge is -2.27. The first kappa shape index (κ1) is 28.7. The number of carbonyl (C=O) groups excluding carboxylic acids is 2. The van der Waals surface area contributed by atoms with E-state index in [1.807, 2.05) is 25.1 Å². The van der Waals surface area contributed by atoms with Crippen molar-refractivity contribution < 1.29 is 9.59 Å². The first-order valence-electron chi connectivity index (χ1n) is 13.2. The van der Waals surface area contributed by atoms with Crippen LogP contribution in [0, 0.1) is 18.8 Å². The maximum Gasteiger partial charge on any atom is 0.335 e. The van der Waals surface area contributed by atoms with Crippen LogP contribution in [0.3, 0.4) is 0 Å². The van der Waals surface area contributed by atoms with Gasteiger partial charge in [0.1, 0.15) is 0 Å². The summed E-state index contributed by atoms with van der Waals surface area (Å²) in [4.78, 5) is 24.9. The number of thioether (sulfide) groups is 1. The van der Waals surface area contributed by atoms with E-state index >= 15 is 0 Å². The summed E-state index contributed by atoms with van der Waals surface area (Å²) in [6.07, 6.45) is 4.30. The standard InChI is InChI=1S/C29H41N5O2S/c1-3-26(30)27(20-37-19-24-7-5-4-6-8-24)33-34-29(36)32-18-23-13-15-25(16-14-23)28(35)31-17-22-11-9-21(2)10-12-22/h4-12,23,25-26H,3,13-20,30H2,1-2H3,(H,31,35)(H2,32,34,36)/b33-27-/t23?,25?,26-/m0/s1.